The molecular formula is C22H22FN5O4S. The zero-order chi connectivity index (χ0) is 23.2. The number of methoxy groups -OCH3 is 1. The predicted molar refractivity (Wildman–Crippen MR) is 120 cm³/mol. The number of thiazole rings is 1. The van der Waals surface area contributed by atoms with Crippen LogP contribution < -0.4 is 4.74 Å². The van der Waals surface area contributed by atoms with Gasteiger partial charge in [0.1, 0.15) is 18.2 Å². The molecule has 0 saturated heterocycles. The summed E-state index contributed by atoms with van der Waals surface area (Å²) < 4.78 is 31.9. The molecule has 33 heavy (non-hydrogen) atoms. The molecule has 0 aliphatic carbocycles. The third kappa shape index (κ3) is 5.32. The van der Waals surface area contributed by atoms with Crippen molar-refractivity contribution in [2.75, 3.05) is 20.3 Å². The second kappa shape index (κ2) is 10.5. The molecule has 172 valence electrons. The molecule has 0 aliphatic rings. The Morgan fingerprint density at radius 1 is 1.27 bits per heavy atom. The van der Waals surface area contributed by atoms with Gasteiger partial charge in [0.2, 0.25) is 12.5 Å². The van der Waals surface area contributed by atoms with Gasteiger partial charge in [0, 0.05) is 12.7 Å². The molecule has 4 rings (SSSR count). The lowest BCUT2D eigenvalue weighted by atomic mass is 10.1. The topological polar surface area (TPSA) is 105 Å². The van der Waals surface area contributed by atoms with Crippen molar-refractivity contribution in [3.8, 4) is 5.75 Å². The van der Waals surface area contributed by atoms with E-state index in [9.17, 15) is 4.39 Å². The first-order valence-corrected chi connectivity index (χ1v) is 11.0. The Balaban J connectivity index is 1.67. The third-order valence-corrected chi connectivity index (χ3v) is 5.63. The minimum atomic E-state index is -0.856. The Hall–Kier alpha value is -3.44. The Morgan fingerprint density at radius 2 is 2.15 bits per heavy atom. The van der Waals surface area contributed by atoms with E-state index in [1.54, 1.807) is 18.4 Å². The number of nitrogens with zero attached hydrogens (tertiary/aromatic N) is 5. The van der Waals surface area contributed by atoms with Crippen molar-refractivity contribution in [3.05, 3.63) is 64.3 Å². The van der Waals surface area contributed by atoms with Crippen molar-refractivity contribution < 1.29 is 23.1 Å². The number of aromatic nitrogens is 4. The summed E-state index contributed by atoms with van der Waals surface area (Å²) in [4.78, 5) is 13.9. The highest BCUT2D eigenvalue weighted by Crippen LogP contribution is 2.33. The number of halogens is 1. The minimum Gasteiger partial charge on any atom is -0.474 e. The summed E-state index contributed by atoms with van der Waals surface area (Å²) >= 11 is 1.59. The Kier molecular flexibility index (Phi) is 7.20. The van der Waals surface area contributed by atoms with E-state index in [0.29, 0.717) is 18.1 Å². The van der Waals surface area contributed by atoms with Gasteiger partial charge in [-0.3, -0.25) is 4.98 Å². The molecule has 0 fully saturated rings. The zero-order valence-corrected chi connectivity index (χ0v) is 19.1. The first-order chi connectivity index (χ1) is 16.1. The Labute approximate surface area is 193 Å². The van der Waals surface area contributed by atoms with Gasteiger partial charge in [0.05, 0.1) is 39.9 Å². The molecule has 0 saturated carbocycles. The Bertz CT molecular complexity index is 1250. The normalized spacial score (nSPS) is 12.5. The van der Waals surface area contributed by atoms with Crippen LogP contribution in [0.4, 0.5) is 4.39 Å². The highest BCUT2D eigenvalue weighted by atomic mass is 32.1. The van der Waals surface area contributed by atoms with Crippen LogP contribution in [0.1, 0.15) is 40.7 Å². The van der Waals surface area contributed by atoms with Crippen LogP contribution in [0.3, 0.4) is 0 Å². The van der Waals surface area contributed by atoms with Gasteiger partial charge < -0.3 is 18.7 Å². The maximum Gasteiger partial charge on any atom is 0.263 e. The number of fused-ring (bicyclic) bond motifs is 1. The second-order valence-corrected chi connectivity index (χ2v) is 8.22. The Morgan fingerprint density at radius 3 is 2.91 bits per heavy atom. The standard InChI is InChI=1S/C22H22FN5O4S/c1-4-14-7-16(9-19-20(14)27-13(2)33-19)32-21(22-28-25-12-30-22)18-8-15(17(23)11-24-18)10-26-31-6-5-29-3/h7-12,21H,4-6H2,1-3H3/b26-10+. The summed E-state index contributed by atoms with van der Waals surface area (Å²) in [6.45, 7) is 4.65. The molecule has 4 aromatic rings. The monoisotopic (exact) mass is 471 g/mol. The molecule has 1 atom stereocenters. The number of oxime groups is 1. The summed E-state index contributed by atoms with van der Waals surface area (Å²) in [7, 11) is 1.55. The summed E-state index contributed by atoms with van der Waals surface area (Å²) in [5.41, 5.74) is 2.57. The van der Waals surface area contributed by atoms with Gasteiger partial charge >= 0.3 is 0 Å². The molecular weight excluding hydrogens is 449 g/mol. The molecule has 0 bridgehead atoms. The van der Waals surface area contributed by atoms with Gasteiger partial charge in [0.25, 0.3) is 5.89 Å². The average Bonchev–Trinajstić information content (AvgIpc) is 3.47. The van der Waals surface area contributed by atoms with Crippen LogP contribution in [-0.4, -0.2) is 46.7 Å². The molecule has 0 aliphatic heterocycles. The highest BCUT2D eigenvalue weighted by Gasteiger charge is 2.25. The first-order valence-electron chi connectivity index (χ1n) is 10.2. The third-order valence-electron chi connectivity index (χ3n) is 4.71. The van der Waals surface area contributed by atoms with Crippen LogP contribution in [0.5, 0.6) is 5.75 Å². The molecule has 0 spiro atoms. The molecule has 11 heteroatoms. The van der Waals surface area contributed by atoms with Crippen molar-refractivity contribution in [3.63, 3.8) is 0 Å². The van der Waals surface area contributed by atoms with Crippen LogP contribution in [0, 0.1) is 12.7 Å². The molecule has 3 aromatic heterocycles. The van der Waals surface area contributed by atoms with Gasteiger partial charge in [-0.1, -0.05) is 12.1 Å². The number of pyridine rings is 1. The van der Waals surface area contributed by atoms with E-state index in [-0.39, 0.29) is 18.1 Å². The summed E-state index contributed by atoms with van der Waals surface area (Å²) in [6, 6.07) is 5.35. The predicted octanol–water partition coefficient (Wildman–Crippen LogP) is 4.25. The van der Waals surface area contributed by atoms with Crippen molar-refractivity contribution in [2.45, 2.75) is 26.4 Å². The van der Waals surface area contributed by atoms with E-state index in [1.807, 2.05) is 19.1 Å². The van der Waals surface area contributed by atoms with Gasteiger partial charge in [0.15, 0.2) is 0 Å². The minimum absolute atomic E-state index is 0.174. The first kappa shape index (κ1) is 22.7. The largest absolute Gasteiger partial charge is 0.474 e. The second-order valence-electron chi connectivity index (χ2n) is 6.98. The summed E-state index contributed by atoms with van der Waals surface area (Å²) in [5.74, 6) is 0.222. The molecule has 0 amide bonds. The lowest BCUT2D eigenvalue weighted by Crippen LogP contribution is -2.13. The summed E-state index contributed by atoms with van der Waals surface area (Å²) in [5, 5.41) is 12.5. The van der Waals surface area contributed by atoms with Gasteiger partial charge in [-0.2, -0.15) is 0 Å². The van der Waals surface area contributed by atoms with E-state index < -0.39 is 11.9 Å². The molecule has 9 nitrogen and oxygen atoms in total. The van der Waals surface area contributed by atoms with E-state index in [1.165, 1.54) is 18.7 Å². The molecule has 0 N–H and O–H groups in total. The highest BCUT2D eigenvalue weighted by molar-refractivity contribution is 7.18. The maximum atomic E-state index is 14.3. The number of aryl methyl sites for hydroxylation is 2. The van der Waals surface area contributed by atoms with Crippen LogP contribution in [0.25, 0.3) is 10.2 Å². The maximum absolute atomic E-state index is 14.3. The van der Waals surface area contributed by atoms with E-state index in [4.69, 9.17) is 18.7 Å². The van der Waals surface area contributed by atoms with Crippen LogP contribution in [0.2, 0.25) is 0 Å². The van der Waals surface area contributed by atoms with Crippen molar-refractivity contribution in [1.82, 2.24) is 20.2 Å². The van der Waals surface area contributed by atoms with Crippen molar-refractivity contribution >= 4 is 27.8 Å². The quantitative estimate of drug-likeness (QED) is 0.192. The fraction of sp³-hybridized carbons (Fsp3) is 0.318. The fourth-order valence-electron chi connectivity index (χ4n) is 3.17. The van der Waals surface area contributed by atoms with Crippen LogP contribution in [0.15, 0.2) is 40.4 Å². The summed E-state index contributed by atoms with van der Waals surface area (Å²) in [6.07, 6.45) is 3.49. The van der Waals surface area contributed by atoms with Crippen molar-refractivity contribution in [2.24, 2.45) is 5.16 Å². The molecule has 3 heterocycles. The lowest BCUT2D eigenvalue weighted by molar-refractivity contribution is 0.0759. The molecule has 1 unspecified atom stereocenters. The fourth-order valence-corrected chi connectivity index (χ4v) is 4.07. The molecule has 0 radical (unpaired) electrons. The molecule has 1 aromatic carbocycles. The van der Waals surface area contributed by atoms with Crippen molar-refractivity contribution in [1.29, 1.82) is 0 Å². The van der Waals surface area contributed by atoms with Gasteiger partial charge in [-0.25, -0.2) is 9.37 Å². The zero-order valence-electron chi connectivity index (χ0n) is 18.3. The van der Waals surface area contributed by atoms with Crippen LogP contribution in [-0.2, 0) is 16.0 Å². The average molecular weight is 472 g/mol. The van der Waals surface area contributed by atoms with Gasteiger partial charge in [-0.05, 0) is 37.1 Å². The number of hydrogen-bond donors (Lipinski definition) is 0. The number of benzene rings is 1. The number of ether oxygens (including phenoxy) is 2. The smallest absolute Gasteiger partial charge is 0.263 e. The SMILES string of the molecule is CCc1cc(OC(c2cc(/C=N/OCCOC)c(F)cn2)c2nnco2)cc2sc(C)nc12. The van der Waals surface area contributed by atoms with E-state index in [0.717, 1.165) is 33.4 Å². The number of hydrogen-bond acceptors (Lipinski definition) is 10. The van der Waals surface area contributed by atoms with E-state index >= 15 is 0 Å². The number of rotatable bonds is 10. The lowest BCUT2D eigenvalue weighted by Gasteiger charge is -2.17. The van der Waals surface area contributed by atoms with Gasteiger partial charge in [-0.15, -0.1) is 21.5 Å². The van der Waals surface area contributed by atoms with Crippen LogP contribution >= 0.6 is 11.3 Å². The van der Waals surface area contributed by atoms with E-state index in [2.05, 4.69) is 32.2 Å².